The highest BCUT2D eigenvalue weighted by Crippen LogP contribution is 2.37. The predicted octanol–water partition coefficient (Wildman–Crippen LogP) is 5.20. The Bertz CT molecular complexity index is 1070. The second-order valence-corrected chi connectivity index (χ2v) is 14.3. The summed E-state index contributed by atoms with van der Waals surface area (Å²) in [6, 6.07) is 8.06. The van der Waals surface area contributed by atoms with E-state index in [1.807, 2.05) is 24.4 Å². The van der Waals surface area contributed by atoms with Gasteiger partial charge in [-0.15, -0.1) is 0 Å². The van der Waals surface area contributed by atoms with Crippen molar-refractivity contribution in [3.63, 3.8) is 0 Å². The molecule has 3 aromatic rings. The molecular weight excluding hydrogens is 408 g/mol. The van der Waals surface area contributed by atoms with E-state index in [0.29, 0.717) is 6.54 Å². The molecule has 1 unspecified atom stereocenters. The highest BCUT2D eigenvalue weighted by Gasteiger charge is 2.39. The van der Waals surface area contributed by atoms with Crippen LogP contribution in [0, 0.1) is 0 Å². The fraction of sp³-hybridized carbons (Fsp3) is 0.522. The number of aromatic nitrogens is 3. The first-order valence-corrected chi connectivity index (χ1v) is 13.8. The Hall–Kier alpha value is -2.45. The van der Waals surface area contributed by atoms with Crippen molar-refractivity contribution in [1.29, 1.82) is 0 Å². The second kappa shape index (κ2) is 8.96. The lowest BCUT2D eigenvalue weighted by Gasteiger charge is -2.39. The lowest BCUT2D eigenvalue weighted by Crippen LogP contribution is -2.48. The molecule has 1 atom stereocenters. The Morgan fingerprint density at radius 2 is 1.97 bits per heavy atom. The predicted molar refractivity (Wildman–Crippen MR) is 127 cm³/mol. The van der Waals surface area contributed by atoms with Gasteiger partial charge in [0, 0.05) is 18.4 Å². The molecule has 0 aliphatic carbocycles. The smallest absolute Gasteiger partial charge is 0.404 e. The first kappa shape index (κ1) is 23.2. The fourth-order valence-electron chi connectivity index (χ4n) is 3.56. The van der Waals surface area contributed by atoms with Crippen LogP contribution in [0.2, 0.25) is 18.1 Å². The molecule has 3 rings (SSSR count). The average molecular weight is 443 g/mol. The van der Waals surface area contributed by atoms with E-state index in [9.17, 15) is 9.90 Å². The number of hydrogen-bond acceptors (Lipinski definition) is 4. The van der Waals surface area contributed by atoms with Gasteiger partial charge in [-0.2, -0.15) is 0 Å². The minimum Gasteiger partial charge on any atom is -0.465 e. The zero-order valence-electron chi connectivity index (χ0n) is 19.4. The van der Waals surface area contributed by atoms with Crippen LogP contribution in [-0.4, -0.2) is 46.7 Å². The summed E-state index contributed by atoms with van der Waals surface area (Å²) in [6.45, 7) is 13.9. The van der Waals surface area contributed by atoms with Crippen molar-refractivity contribution in [1.82, 2.24) is 19.9 Å². The maximum absolute atomic E-state index is 11.2. The lowest BCUT2D eigenvalue weighted by atomic mass is 10.2. The monoisotopic (exact) mass is 442 g/mol. The molecule has 2 aromatic heterocycles. The van der Waals surface area contributed by atoms with Gasteiger partial charge in [0.15, 0.2) is 8.32 Å². The van der Waals surface area contributed by atoms with Crippen molar-refractivity contribution in [3.05, 3.63) is 36.3 Å². The van der Waals surface area contributed by atoms with Crippen LogP contribution in [0.5, 0.6) is 0 Å². The molecule has 0 spiro atoms. The van der Waals surface area contributed by atoms with Crippen molar-refractivity contribution in [2.24, 2.45) is 0 Å². The van der Waals surface area contributed by atoms with Crippen LogP contribution in [-0.2, 0) is 17.4 Å². The number of fused-ring (bicyclic) bond motifs is 3. The molecule has 7 nitrogen and oxygen atoms in total. The lowest BCUT2D eigenvalue weighted by molar-refractivity contribution is 0.148. The zero-order chi connectivity index (χ0) is 22.8. The van der Waals surface area contributed by atoms with Gasteiger partial charge >= 0.3 is 6.09 Å². The maximum atomic E-state index is 11.2. The molecule has 0 fully saturated rings. The Morgan fingerprint density at radius 3 is 2.61 bits per heavy atom. The molecule has 1 aromatic carbocycles. The summed E-state index contributed by atoms with van der Waals surface area (Å²) in [4.78, 5) is 20.7. The molecule has 0 aliphatic heterocycles. The molecule has 0 bridgehead atoms. The molecule has 168 valence electrons. The number of benzene rings is 1. The van der Waals surface area contributed by atoms with Crippen molar-refractivity contribution in [2.45, 2.75) is 71.3 Å². The average Bonchev–Trinajstić information content (AvgIpc) is 3.03. The molecule has 0 saturated heterocycles. The summed E-state index contributed by atoms with van der Waals surface area (Å²) in [5, 5.41) is 12.8. The van der Waals surface area contributed by atoms with Crippen LogP contribution < -0.4 is 5.32 Å². The third-order valence-corrected chi connectivity index (χ3v) is 10.7. The number of carboxylic acid groups (broad SMARTS) is 1. The number of carbonyl (C=O) groups is 1. The van der Waals surface area contributed by atoms with Gasteiger partial charge < -0.3 is 19.4 Å². The number of imidazole rings is 1. The van der Waals surface area contributed by atoms with Crippen LogP contribution in [0.25, 0.3) is 21.9 Å². The number of pyridine rings is 1. The Labute approximate surface area is 185 Å². The number of para-hydroxylation sites is 1. The summed E-state index contributed by atoms with van der Waals surface area (Å²) >= 11 is 0. The summed E-state index contributed by atoms with van der Waals surface area (Å²) in [5.74, 6) is 0.981. The summed E-state index contributed by atoms with van der Waals surface area (Å²) in [5.41, 5.74) is 2.82. The quantitative estimate of drug-likeness (QED) is 0.468. The number of nitrogens with zero attached hydrogens (tertiary/aromatic N) is 3. The first-order chi connectivity index (χ1) is 14.5. The Morgan fingerprint density at radius 1 is 1.26 bits per heavy atom. The van der Waals surface area contributed by atoms with Crippen molar-refractivity contribution in [3.8, 4) is 0 Å². The topological polar surface area (TPSA) is 89.3 Å². The molecule has 2 heterocycles. The Balaban J connectivity index is 2.08. The van der Waals surface area contributed by atoms with Crippen LogP contribution in [0.15, 0.2) is 30.5 Å². The van der Waals surface area contributed by atoms with Crippen LogP contribution >= 0.6 is 0 Å². The molecule has 0 aliphatic rings. The third-order valence-electron chi connectivity index (χ3n) is 6.17. The van der Waals surface area contributed by atoms with Gasteiger partial charge in [-0.05, 0) is 30.6 Å². The van der Waals surface area contributed by atoms with Crippen LogP contribution in [0.4, 0.5) is 4.79 Å². The molecular formula is C23H34N4O3Si. The van der Waals surface area contributed by atoms with Crippen molar-refractivity contribution < 1.29 is 14.3 Å². The minimum absolute atomic E-state index is 0.0222. The highest BCUT2D eigenvalue weighted by atomic mass is 28.4. The number of amides is 1. The van der Waals surface area contributed by atoms with Gasteiger partial charge in [0.2, 0.25) is 0 Å². The van der Waals surface area contributed by atoms with E-state index >= 15 is 0 Å². The van der Waals surface area contributed by atoms with Gasteiger partial charge in [-0.25, -0.2) is 9.78 Å². The number of rotatable bonds is 8. The minimum atomic E-state index is -2.11. The van der Waals surface area contributed by atoms with Crippen LogP contribution in [0.3, 0.4) is 0 Å². The van der Waals surface area contributed by atoms with E-state index in [-0.39, 0.29) is 17.7 Å². The third kappa shape index (κ3) is 5.07. The van der Waals surface area contributed by atoms with Crippen LogP contribution in [0.1, 0.15) is 39.9 Å². The molecule has 2 N–H and O–H groups in total. The Kier molecular flexibility index (Phi) is 6.71. The van der Waals surface area contributed by atoms with Gasteiger partial charge in [0.1, 0.15) is 11.3 Å². The molecule has 0 radical (unpaired) electrons. The van der Waals surface area contributed by atoms with E-state index < -0.39 is 14.4 Å². The zero-order valence-corrected chi connectivity index (χ0v) is 20.4. The fourth-order valence-corrected chi connectivity index (χ4v) is 4.91. The molecule has 8 heteroatoms. The first-order valence-electron chi connectivity index (χ1n) is 10.9. The summed E-state index contributed by atoms with van der Waals surface area (Å²) < 4.78 is 8.88. The van der Waals surface area contributed by atoms with Crippen molar-refractivity contribution >= 4 is 36.3 Å². The van der Waals surface area contributed by atoms with Gasteiger partial charge in [0.05, 0.1) is 29.9 Å². The number of nitrogens with one attached hydrogen (secondary N) is 1. The maximum Gasteiger partial charge on any atom is 0.404 e. The van der Waals surface area contributed by atoms with E-state index in [0.717, 1.165) is 40.6 Å². The largest absolute Gasteiger partial charge is 0.465 e. The van der Waals surface area contributed by atoms with E-state index in [2.05, 4.69) is 61.7 Å². The van der Waals surface area contributed by atoms with Gasteiger partial charge in [-0.3, -0.25) is 4.98 Å². The number of aryl methyl sites for hydroxylation is 1. The molecule has 1 amide bonds. The molecule has 0 saturated carbocycles. The SMILES string of the molecule is CCCc1nc2cnc3ccccc3c2n1CC(CNC(=O)O)O[Si](C)(C)C(C)(C)C. The molecule has 31 heavy (non-hydrogen) atoms. The van der Waals surface area contributed by atoms with E-state index in [1.165, 1.54) is 0 Å². The van der Waals surface area contributed by atoms with E-state index in [4.69, 9.17) is 9.41 Å². The number of hydrogen-bond donors (Lipinski definition) is 2. The second-order valence-electron chi connectivity index (χ2n) is 9.58. The van der Waals surface area contributed by atoms with Gasteiger partial charge in [-0.1, -0.05) is 45.9 Å². The van der Waals surface area contributed by atoms with Crippen molar-refractivity contribution in [2.75, 3.05) is 6.54 Å². The van der Waals surface area contributed by atoms with Gasteiger partial charge in [0.25, 0.3) is 0 Å². The summed E-state index contributed by atoms with van der Waals surface area (Å²) in [7, 11) is -2.11. The normalized spacial score (nSPS) is 13.6. The van der Waals surface area contributed by atoms with E-state index in [1.54, 1.807) is 0 Å². The summed E-state index contributed by atoms with van der Waals surface area (Å²) in [6.07, 6.45) is 2.30. The standard InChI is InChI=1S/C23H34N4O3Si/c1-7-10-20-26-19-14-24-18-12-9-8-11-17(18)21(19)27(20)15-16(13-25-22(28)29)30-31(5,6)23(2,3)4/h8-9,11-12,14,16,25H,7,10,13,15H2,1-6H3,(H,28,29). The highest BCUT2D eigenvalue weighted by molar-refractivity contribution is 6.74.